The van der Waals surface area contributed by atoms with E-state index in [1.54, 1.807) is 0 Å². The molecule has 0 radical (unpaired) electrons. The Kier molecular flexibility index (Phi) is 13.6. The number of unbranched alkanes of at least 4 members (excludes halogenated alkanes) is 2. The summed E-state index contributed by atoms with van der Waals surface area (Å²) in [7, 11) is 0. The monoisotopic (exact) mass is 537 g/mol. The Morgan fingerprint density at radius 3 is 1.61 bits per heavy atom. The molecule has 5 heteroatoms. The molecule has 0 unspecified atom stereocenters. The topological polar surface area (TPSA) is 22.2 Å². The second-order valence-corrected chi connectivity index (χ2v) is 16.0. The Morgan fingerprint density at radius 1 is 0.500 bits per heavy atom. The average Bonchev–Trinajstić information content (AvgIpc) is 2.82. The van der Waals surface area contributed by atoms with Gasteiger partial charge >= 0.3 is 0 Å². The van der Waals surface area contributed by atoms with Gasteiger partial charge in [-0.05, 0) is 84.1 Å². The molecular formula is C33H68N4O. The van der Waals surface area contributed by atoms with Crippen molar-refractivity contribution in [2.75, 3.05) is 78.7 Å². The number of rotatable bonds is 15. The third-order valence-corrected chi connectivity index (χ3v) is 9.34. The van der Waals surface area contributed by atoms with Crippen molar-refractivity contribution < 1.29 is 4.74 Å². The van der Waals surface area contributed by atoms with Gasteiger partial charge in [0.1, 0.15) is 0 Å². The fourth-order valence-corrected chi connectivity index (χ4v) is 5.96. The average molecular weight is 537 g/mol. The van der Waals surface area contributed by atoms with E-state index in [2.05, 4.69) is 88.8 Å². The van der Waals surface area contributed by atoms with Crippen molar-refractivity contribution in [3.05, 3.63) is 0 Å². The maximum Gasteiger partial charge on any atom is 0.0593 e. The molecule has 0 saturated carbocycles. The minimum atomic E-state index is 0.284. The Hall–Kier alpha value is -0.200. The number of hydrogen-bond donors (Lipinski definition) is 0. The van der Waals surface area contributed by atoms with E-state index in [9.17, 15) is 0 Å². The first kappa shape index (κ1) is 34.0. The molecule has 0 amide bonds. The van der Waals surface area contributed by atoms with Crippen molar-refractivity contribution in [3.63, 3.8) is 0 Å². The third-order valence-electron chi connectivity index (χ3n) is 9.34. The van der Waals surface area contributed by atoms with E-state index in [0.717, 1.165) is 26.2 Å². The molecule has 0 bridgehead atoms. The van der Waals surface area contributed by atoms with E-state index in [0.29, 0.717) is 16.4 Å². The minimum Gasteiger partial charge on any atom is -0.380 e. The third kappa shape index (κ3) is 13.4. The predicted octanol–water partition coefficient (Wildman–Crippen LogP) is 6.62. The second-order valence-electron chi connectivity index (χ2n) is 16.0. The van der Waals surface area contributed by atoms with E-state index in [4.69, 9.17) is 4.74 Å². The van der Waals surface area contributed by atoms with Gasteiger partial charge in [0.15, 0.2) is 0 Å². The van der Waals surface area contributed by atoms with Crippen LogP contribution in [0.3, 0.4) is 0 Å². The predicted molar refractivity (Wildman–Crippen MR) is 166 cm³/mol. The maximum atomic E-state index is 6.12. The van der Waals surface area contributed by atoms with Crippen LogP contribution in [0.1, 0.15) is 114 Å². The van der Waals surface area contributed by atoms with Crippen molar-refractivity contribution >= 4 is 0 Å². The highest BCUT2D eigenvalue weighted by molar-refractivity contribution is 4.88. The standard InChI is InChI=1S/C33H68N4O/c1-30(2,3)14-12-11-13-18-34-21-25-37(26-22-34)33(9,10)16-15-32(7,8)17-28-38-29-27-35-19-23-36(24-20-35)31(4,5)6/h11-29H2,1-10H3. The van der Waals surface area contributed by atoms with Gasteiger partial charge in [-0.1, -0.05) is 47.5 Å². The number of ether oxygens (including phenoxy) is 1. The zero-order valence-corrected chi connectivity index (χ0v) is 27.6. The van der Waals surface area contributed by atoms with Gasteiger partial charge in [-0.3, -0.25) is 14.7 Å². The van der Waals surface area contributed by atoms with Crippen molar-refractivity contribution in [3.8, 4) is 0 Å². The summed E-state index contributed by atoms with van der Waals surface area (Å²) in [5.74, 6) is 0. The molecule has 0 aromatic carbocycles. The highest BCUT2D eigenvalue weighted by Crippen LogP contribution is 2.32. The molecular weight excluding hydrogens is 468 g/mol. The Bertz CT molecular complexity index is 632. The smallest absolute Gasteiger partial charge is 0.0593 e. The molecule has 0 aromatic rings. The molecule has 2 saturated heterocycles. The number of piperazine rings is 2. The summed E-state index contributed by atoms with van der Waals surface area (Å²) in [6, 6.07) is 0. The second kappa shape index (κ2) is 15.1. The van der Waals surface area contributed by atoms with Gasteiger partial charge in [-0.25, -0.2) is 0 Å². The molecule has 0 aliphatic carbocycles. The van der Waals surface area contributed by atoms with Crippen LogP contribution in [-0.2, 0) is 4.74 Å². The highest BCUT2D eigenvalue weighted by Gasteiger charge is 2.32. The summed E-state index contributed by atoms with van der Waals surface area (Å²) in [6.45, 7) is 37.7. The fourth-order valence-electron chi connectivity index (χ4n) is 5.96. The Balaban J connectivity index is 1.56. The normalized spacial score (nSPS) is 20.4. The van der Waals surface area contributed by atoms with E-state index < -0.39 is 0 Å². The zero-order valence-electron chi connectivity index (χ0n) is 27.6. The van der Waals surface area contributed by atoms with Crippen LogP contribution in [0.2, 0.25) is 0 Å². The molecule has 2 rings (SSSR count). The van der Waals surface area contributed by atoms with Gasteiger partial charge < -0.3 is 9.64 Å². The molecule has 0 spiro atoms. The first-order chi connectivity index (χ1) is 17.6. The molecule has 2 aliphatic rings. The molecule has 2 fully saturated rings. The molecule has 0 N–H and O–H groups in total. The fraction of sp³-hybridized carbons (Fsp3) is 1.00. The summed E-state index contributed by atoms with van der Waals surface area (Å²) in [4.78, 5) is 10.6. The van der Waals surface area contributed by atoms with Crippen LogP contribution in [0.15, 0.2) is 0 Å². The SMILES string of the molecule is CC(C)(C)CCCCCN1CCN(C(C)(C)CCC(C)(C)CCOCCN2CCN(C(C)(C)C)CC2)CC1. The first-order valence-electron chi connectivity index (χ1n) is 16.1. The number of nitrogens with zero attached hydrogens (tertiary/aromatic N) is 4. The van der Waals surface area contributed by atoms with Crippen LogP contribution in [0.25, 0.3) is 0 Å². The zero-order chi connectivity index (χ0) is 28.5. The largest absolute Gasteiger partial charge is 0.380 e. The van der Waals surface area contributed by atoms with E-state index >= 15 is 0 Å². The van der Waals surface area contributed by atoms with Crippen LogP contribution >= 0.6 is 0 Å². The van der Waals surface area contributed by atoms with Crippen LogP contribution in [-0.4, -0.2) is 109 Å². The van der Waals surface area contributed by atoms with Crippen molar-refractivity contribution in [1.82, 2.24) is 19.6 Å². The van der Waals surface area contributed by atoms with E-state index in [1.165, 1.54) is 97.4 Å². The molecule has 2 heterocycles. The summed E-state index contributed by atoms with van der Waals surface area (Å²) in [5.41, 5.74) is 1.40. The summed E-state index contributed by atoms with van der Waals surface area (Å²) in [6.07, 6.45) is 9.18. The van der Waals surface area contributed by atoms with Crippen molar-refractivity contribution in [2.45, 2.75) is 125 Å². The molecule has 2 aliphatic heterocycles. The van der Waals surface area contributed by atoms with E-state index in [-0.39, 0.29) is 5.54 Å². The molecule has 0 atom stereocenters. The highest BCUT2D eigenvalue weighted by atomic mass is 16.5. The quantitative estimate of drug-likeness (QED) is 0.219. The first-order valence-corrected chi connectivity index (χ1v) is 16.1. The molecule has 226 valence electrons. The Labute approximate surface area is 239 Å². The number of hydrogen-bond acceptors (Lipinski definition) is 5. The molecule has 0 aromatic heterocycles. The van der Waals surface area contributed by atoms with Gasteiger partial charge in [0.25, 0.3) is 0 Å². The summed E-state index contributed by atoms with van der Waals surface area (Å²) >= 11 is 0. The van der Waals surface area contributed by atoms with Crippen molar-refractivity contribution in [2.24, 2.45) is 10.8 Å². The lowest BCUT2D eigenvalue weighted by molar-refractivity contribution is 0.0281. The van der Waals surface area contributed by atoms with Gasteiger partial charge in [-0.15, -0.1) is 0 Å². The van der Waals surface area contributed by atoms with E-state index in [1.807, 2.05) is 0 Å². The van der Waals surface area contributed by atoms with Crippen LogP contribution in [0, 0.1) is 10.8 Å². The lowest BCUT2D eigenvalue weighted by Crippen LogP contribution is -2.54. The van der Waals surface area contributed by atoms with Gasteiger partial charge in [0.05, 0.1) is 6.61 Å². The molecule has 5 nitrogen and oxygen atoms in total. The maximum absolute atomic E-state index is 6.12. The minimum absolute atomic E-state index is 0.284. The van der Waals surface area contributed by atoms with Gasteiger partial charge in [0, 0.05) is 76.6 Å². The lowest BCUT2D eigenvalue weighted by atomic mass is 9.80. The van der Waals surface area contributed by atoms with Crippen LogP contribution < -0.4 is 0 Å². The summed E-state index contributed by atoms with van der Waals surface area (Å²) < 4.78 is 6.12. The van der Waals surface area contributed by atoms with Crippen molar-refractivity contribution in [1.29, 1.82) is 0 Å². The lowest BCUT2D eigenvalue weighted by Gasteiger charge is -2.45. The molecule has 38 heavy (non-hydrogen) atoms. The van der Waals surface area contributed by atoms with Gasteiger partial charge in [0.2, 0.25) is 0 Å². The van der Waals surface area contributed by atoms with Gasteiger partial charge in [-0.2, -0.15) is 0 Å². The Morgan fingerprint density at radius 2 is 1.05 bits per heavy atom. The summed E-state index contributed by atoms with van der Waals surface area (Å²) in [5, 5.41) is 0. The van der Waals surface area contributed by atoms with Crippen LogP contribution in [0.5, 0.6) is 0 Å². The van der Waals surface area contributed by atoms with Crippen LogP contribution in [0.4, 0.5) is 0 Å².